The molecule has 0 aromatic carbocycles. The minimum atomic E-state index is -0.0973. The topological polar surface area (TPSA) is 76.2 Å². The molecule has 24 heavy (non-hydrogen) atoms. The average molecular weight is 329 g/mol. The van der Waals surface area contributed by atoms with Crippen molar-refractivity contribution in [3.63, 3.8) is 0 Å². The van der Waals surface area contributed by atoms with Crippen LogP contribution in [0.3, 0.4) is 0 Å². The third-order valence-electron chi connectivity index (χ3n) is 4.98. The predicted octanol–water partition coefficient (Wildman–Crippen LogP) is 1.69. The Hall–Kier alpha value is -2.31. The van der Waals surface area contributed by atoms with Gasteiger partial charge in [-0.2, -0.15) is 5.10 Å². The molecule has 1 atom stereocenters. The standard InChI is InChI=1S/C17H23N5O2/c1-21-11-13(9-18-21)22-8-4-5-12(10-22)19-17(23)16-14-6-2-3-7-15(14)24-20-16/h9,11-12H,2-8,10H2,1H3,(H,19,23). The average Bonchev–Trinajstić information content (AvgIpc) is 3.21. The first-order chi connectivity index (χ1) is 11.7. The maximum Gasteiger partial charge on any atom is 0.274 e. The molecule has 1 fully saturated rings. The van der Waals surface area contributed by atoms with Gasteiger partial charge in [0.25, 0.3) is 5.91 Å². The number of hydrogen-bond donors (Lipinski definition) is 1. The largest absolute Gasteiger partial charge is 0.367 e. The Kier molecular flexibility index (Phi) is 4.00. The van der Waals surface area contributed by atoms with Gasteiger partial charge in [0.2, 0.25) is 0 Å². The second-order valence-corrected chi connectivity index (χ2v) is 6.77. The van der Waals surface area contributed by atoms with E-state index in [4.69, 9.17) is 4.52 Å². The summed E-state index contributed by atoms with van der Waals surface area (Å²) in [6, 6.07) is 0.127. The van der Waals surface area contributed by atoms with Crippen molar-refractivity contribution in [3.05, 3.63) is 29.4 Å². The van der Waals surface area contributed by atoms with Gasteiger partial charge in [-0.25, -0.2) is 0 Å². The number of nitrogens with zero attached hydrogens (tertiary/aromatic N) is 4. The van der Waals surface area contributed by atoms with E-state index in [1.54, 1.807) is 4.68 Å². The summed E-state index contributed by atoms with van der Waals surface area (Å²) in [5.41, 5.74) is 2.61. The highest BCUT2D eigenvalue weighted by Gasteiger charge is 2.27. The zero-order chi connectivity index (χ0) is 16.5. The van der Waals surface area contributed by atoms with Crippen molar-refractivity contribution in [2.75, 3.05) is 18.0 Å². The van der Waals surface area contributed by atoms with Crippen LogP contribution in [0.15, 0.2) is 16.9 Å². The first-order valence-corrected chi connectivity index (χ1v) is 8.72. The molecule has 0 radical (unpaired) electrons. The van der Waals surface area contributed by atoms with Crippen molar-refractivity contribution in [1.29, 1.82) is 0 Å². The Bertz CT molecular complexity index is 735. The fourth-order valence-electron chi connectivity index (χ4n) is 3.72. The summed E-state index contributed by atoms with van der Waals surface area (Å²) < 4.78 is 7.16. The Labute approximate surface area is 141 Å². The van der Waals surface area contributed by atoms with Crippen LogP contribution in [0.4, 0.5) is 5.69 Å². The molecule has 0 bridgehead atoms. The van der Waals surface area contributed by atoms with E-state index in [2.05, 4.69) is 20.5 Å². The highest BCUT2D eigenvalue weighted by Crippen LogP contribution is 2.25. The molecule has 3 heterocycles. The van der Waals surface area contributed by atoms with Crippen LogP contribution in [0.1, 0.15) is 47.5 Å². The van der Waals surface area contributed by atoms with Gasteiger partial charge in [-0.1, -0.05) is 5.16 Å². The van der Waals surface area contributed by atoms with Gasteiger partial charge in [0.15, 0.2) is 5.69 Å². The van der Waals surface area contributed by atoms with Crippen LogP contribution >= 0.6 is 0 Å². The van der Waals surface area contributed by atoms with Crippen molar-refractivity contribution in [3.8, 4) is 0 Å². The summed E-state index contributed by atoms with van der Waals surface area (Å²) in [6.45, 7) is 1.80. The number of rotatable bonds is 3. The molecule has 4 rings (SSSR count). The number of nitrogens with one attached hydrogen (secondary N) is 1. The predicted molar refractivity (Wildman–Crippen MR) is 89.1 cm³/mol. The fourth-order valence-corrected chi connectivity index (χ4v) is 3.72. The van der Waals surface area contributed by atoms with Crippen molar-refractivity contribution in [2.24, 2.45) is 7.05 Å². The first-order valence-electron chi connectivity index (χ1n) is 8.72. The molecular weight excluding hydrogens is 306 g/mol. The molecule has 0 saturated carbocycles. The Morgan fingerprint density at radius 2 is 2.21 bits per heavy atom. The lowest BCUT2D eigenvalue weighted by atomic mass is 9.96. The molecule has 2 aliphatic rings. The summed E-state index contributed by atoms with van der Waals surface area (Å²) >= 11 is 0. The number of aromatic nitrogens is 3. The van der Waals surface area contributed by atoms with E-state index >= 15 is 0 Å². The third kappa shape index (κ3) is 2.90. The molecule has 1 aliphatic heterocycles. The highest BCUT2D eigenvalue weighted by atomic mass is 16.5. The number of anilines is 1. The first kappa shape index (κ1) is 15.2. The van der Waals surface area contributed by atoms with E-state index in [0.29, 0.717) is 5.69 Å². The van der Waals surface area contributed by atoms with Crippen LogP contribution in [0, 0.1) is 0 Å². The van der Waals surface area contributed by atoms with E-state index in [1.807, 2.05) is 19.4 Å². The van der Waals surface area contributed by atoms with Crippen LogP contribution in [-0.4, -0.2) is 40.0 Å². The van der Waals surface area contributed by atoms with Gasteiger partial charge in [-0.05, 0) is 32.1 Å². The minimum Gasteiger partial charge on any atom is -0.367 e. The molecule has 2 aromatic rings. The van der Waals surface area contributed by atoms with Crippen LogP contribution in [0.2, 0.25) is 0 Å². The number of carbonyl (C=O) groups is 1. The normalized spacial score (nSPS) is 20.7. The van der Waals surface area contributed by atoms with Gasteiger partial charge in [-0.3, -0.25) is 9.48 Å². The number of hydrogen-bond acceptors (Lipinski definition) is 5. The van der Waals surface area contributed by atoms with Gasteiger partial charge in [-0.15, -0.1) is 0 Å². The monoisotopic (exact) mass is 329 g/mol. The number of piperidine rings is 1. The van der Waals surface area contributed by atoms with E-state index in [0.717, 1.165) is 68.6 Å². The summed E-state index contributed by atoms with van der Waals surface area (Å²) in [6.07, 6.45) is 9.94. The smallest absolute Gasteiger partial charge is 0.274 e. The summed E-state index contributed by atoms with van der Waals surface area (Å²) in [7, 11) is 1.92. The fraction of sp³-hybridized carbons (Fsp3) is 0.588. The zero-order valence-corrected chi connectivity index (χ0v) is 14.0. The molecule has 1 amide bonds. The summed E-state index contributed by atoms with van der Waals surface area (Å²) in [5.74, 6) is 0.798. The van der Waals surface area contributed by atoms with Crippen LogP contribution in [0.5, 0.6) is 0 Å². The molecule has 1 aliphatic carbocycles. The second kappa shape index (κ2) is 6.30. The van der Waals surface area contributed by atoms with Crippen molar-refractivity contribution in [1.82, 2.24) is 20.3 Å². The van der Waals surface area contributed by atoms with Crippen molar-refractivity contribution < 1.29 is 9.32 Å². The zero-order valence-electron chi connectivity index (χ0n) is 14.0. The number of fused-ring (bicyclic) bond motifs is 1. The van der Waals surface area contributed by atoms with Gasteiger partial charge in [0.05, 0.1) is 11.9 Å². The molecule has 7 heteroatoms. The maximum atomic E-state index is 12.6. The van der Waals surface area contributed by atoms with E-state index < -0.39 is 0 Å². The number of carbonyl (C=O) groups excluding carboxylic acids is 1. The molecule has 0 spiro atoms. The molecule has 1 unspecified atom stereocenters. The quantitative estimate of drug-likeness (QED) is 0.927. The van der Waals surface area contributed by atoms with Gasteiger partial charge >= 0.3 is 0 Å². The highest BCUT2D eigenvalue weighted by molar-refractivity contribution is 5.94. The summed E-state index contributed by atoms with van der Waals surface area (Å²) in [5, 5.41) is 11.4. The Morgan fingerprint density at radius 1 is 1.33 bits per heavy atom. The van der Waals surface area contributed by atoms with Crippen LogP contribution in [0.25, 0.3) is 0 Å². The lowest BCUT2D eigenvalue weighted by Crippen LogP contribution is -2.48. The molecule has 1 N–H and O–H groups in total. The molecular formula is C17H23N5O2. The van der Waals surface area contributed by atoms with Crippen molar-refractivity contribution >= 4 is 11.6 Å². The molecule has 128 valence electrons. The molecule has 7 nitrogen and oxygen atoms in total. The third-order valence-corrected chi connectivity index (χ3v) is 4.98. The van der Waals surface area contributed by atoms with Crippen molar-refractivity contribution in [2.45, 2.75) is 44.6 Å². The van der Waals surface area contributed by atoms with Gasteiger partial charge < -0.3 is 14.7 Å². The van der Waals surface area contributed by atoms with E-state index in [9.17, 15) is 4.79 Å². The second-order valence-electron chi connectivity index (χ2n) is 6.77. The Balaban J connectivity index is 1.43. The Morgan fingerprint density at radius 3 is 3.04 bits per heavy atom. The summed E-state index contributed by atoms with van der Waals surface area (Å²) in [4.78, 5) is 14.9. The van der Waals surface area contributed by atoms with Gasteiger partial charge in [0, 0.05) is 44.4 Å². The molecule has 2 aromatic heterocycles. The van der Waals surface area contributed by atoms with E-state index in [1.165, 1.54) is 0 Å². The van der Waals surface area contributed by atoms with Crippen LogP contribution < -0.4 is 10.2 Å². The van der Waals surface area contributed by atoms with Gasteiger partial charge in [0.1, 0.15) is 5.76 Å². The van der Waals surface area contributed by atoms with E-state index in [-0.39, 0.29) is 11.9 Å². The lowest BCUT2D eigenvalue weighted by Gasteiger charge is -2.33. The molecule has 1 saturated heterocycles. The number of amides is 1. The van der Waals surface area contributed by atoms with Crippen LogP contribution in [-0.2, 0) is 19.9 Å². The maximum absolute atomic E-state index is 12.6. The SMILES string of the molecule is Cn1cc(N2CCCC(NC(=O)c3noc4c3CCCC4)C2)cn1. The lowest BCUT2D eigenvalue weighted by molar-refractivity contribution is 0.0923. The minimum absolute atomic E-state index is 0.0973. The number of aryl methyl sites for hydroxylation is 2.